The van der Waals surface area contributed by atoms with Gasteiger partial charge in [0.05, 0.1) is 17.8 Å². The summed E-state index contributed by atoms with van der Waals surface area (Å²) in [5, 5.41) is 6.79. The summed E-state index contributed by atoms with van der Waals surface area (Å²) in [5.74, 6) is -0.632. The van der Waals surface area contributed by atoms with Gasteiger partial charge in [0.2, 0.25) is 0 Å². The maximum atomic E-state index is 13.3. The first-order valence-corrected chi connectivity index (χ1v) is 13.7. The van der Waals surface area contributed by atoms with Gasteiger partial charge in [-0.1, -0.05) is 72.8 Å². The second kappa shape index (κ2) is 14.3. The van der Waals surface area contributed by atoms with Crippen molar-refractivity contribution in [2.75, 3.05) is 0 Å². The number of carbonyl (C=O) groups excluding carboxylic acids is 3. The zero-order valence-electron chi connectivity index (χ0n) is 24.9. The normalized spacial score (nSPS) is 13.1. The standard InChI is InChI=1S/C33H39N3O6/c1-32(2,3)41-30(38)35-27(21-23-13-9-7-10-14-23)28(22-34-36-31(39)42-33(4,5)6)40-29(37)26-19-17-25(18-20-26)24-15-11-8-12-16-24/h7-20,22,27-28H,21H2,1-6H3,(H,35,38)(H,36,39)/b34-22+/t27-,28-/m0/s1. The van der Waals surface area contributed by atoms with Crippen molar-refractivity contribution < 1.29 is 28.6 Å². The number of ether oxygens (including phenoxy) is 3. The Morgan fingerprint density at radius 1 is 0.738 bits per heavy atom. The van der Waals surface area contributed by atoms with Crippen molar-refractivity contribution in [2.45, 2.75) is 71.3 Å². The molecule has 0 aliphatic rings. The fourth-order valence-electron chi connectivity index (χ4n) is 3.88. The van der Waals surface area contributed by atoms with Crippen LogP contribution in [-0.2, 0) is 20.6 Å². The summed E-state index contributed by atoms with van der Waals surface area (Å²) in [6, 6.07) is 25.4. The summed E-state index contributed by atoms with van der Waals surface area (Å²) < 4.78 is 16.6. The second-order valence-corrected chi connectivity index (χ2v) is 11.6. The van der Waals surface area contributed by atoms with Crippen molar-refractivity contribution in [3.8, 4) is 11.1 Å². The van der Waals surface area contributed by atoms with Crippen LogP contribution < -0.4 is 10.7 Å². The van der Waals surface area contributed by atoms with Crippen molar-refractivity contribution in [2.24, 2.45) is 5.10 Å². The minimum absolute atomic E-state index is 0.281. The van der Waals surface area contributed by atoms with E-state index in [-0.39, 0.29) is 6.42 Å². The van der Waals surface area contributed by atoms with Gasteiger partial charge in [-0.05, 0) is 76.8 Å². The highest BCUT2D eigenvalue weighted by Gasteiger charge is 2.29. The Bertz CT molecular complexity index is 1340. The number of esters is 1. The molecule has 0 aliphatic carbocycles. The van der Waals surface area contributed by atoms with E-state index in [0.29, 0.717) is 5.56 Å². The number of alkyl carbamates (subject to hydrolysis) is 1. The number of hydrogen-bond donors (Lipinski definition) is 2. The lowest BCUT2D eigenvalue weighted by molar-refractivity contribution is 0.0287. The van der Waals surface area contributed by atoms with Crippen LogP contribution in [-0.4, -0.2) is 47.7 Å². The number of hydrazone groups is 1. The lowest BCUT2D eigenvalue weighted by atomic mass is 10.0. The van der Waals surface area contributed by atoms with Crippen molar-refractivity contribution in [1.82, 2.24) is 10.7 Å². The maximum Gasteiger partial charge on any atom is 0.428 e. The monoisotopic (exact) mass is 573 g/mol. The number of carbonyl (C=O) groups is 3. The first-order valence-electron chi connectivity index (χ1n) is 13.7. The van der Waals surface area contributed by atoms with Gasteiger partial charge < -0.3 is 19.5 Å². The zero-order chi connectivity index (χ0) is 30.8. The molecule has 0 heterocycles. The molecule has 0 spiro atoms. The van der Waals surface area contributed by atoms with E-state index in [2.05, 4.69) is 15.8 Å². The molecule has 42 heavy (non-hydrogen) atoms. The Hall–Kier alpha value is -4.66. The van der Waals surface area contributed by atoms with Crippen molar-refractivity contribution in [3.63, 3.8) is 0 Å². The molecular weight excluding hydrogens is 534 g/mol. The number of nitrogens with one attached hydrogen (secondary N) is 2. The highest BCUT2D eigenvalue weighted by Crippen LogP contribution is 2.20. The summed E-state index contributed by atoms with van der Waals surface area (Å²) in [5.41, 5.74) is 3.95. The summed E-state index contributed by atoms with van der Waals surface area (Å²) in [6.07, 6.45) is -1.02. The SMILES string of the molecule is CC(C)(C)OC(=O)N/N=C/[C@H](OC(=O)c1ccc(-c2ccccc2)cc1)[C@H](Cc1ccccc1)NC(=O)OC(C)(C)C. The minimum atomic E-state index is -1.09. The van der Waals surface area contributed by atoms with Gasteiger partial charge in [-0.25, -0.2) is 19.8 Å². The van der Waals surface area contributed by atoms with E-state index < -0.39 is 41.5 Å². The molecule has 0 unspecified atom stereocenters. The molecule has 3 aromatic carbocycles. The molecule has 2 amide bonds. The molecule has 0 saturated heterocycles. The Morgan fingerprint density at radius 2 is 1.26 bits per heavy atom. The lowest BCUT2D eigenvalue weighted by Crippen LogP contribution is -2.49. The van der Waals surface area contributed by atoms with Crippen LogP contribution in [0.5, 0.6) is 0 Å². The molecule has 0 fully saturated rings. The van der Waals surface area contributed by atoms with E-state index in [4.69, 9.17) is 14.2 Å². The molecule has 0 radical (unpaired) electrons. The zero-order valence-corrected chi connectivity index (χ0v) is 24.9. The summed E-state index contributed by atoms with van der Waals surface area (Å²) in [6.45, 7) is 10.4. The third kappa shape index (κ3) is 11.1. The van der Waals surface area contributed by atoms with Gasteiger partial charge >= 0.3 is 18.2 Å². The van der Waals surface area contributed by atoms with Crippen molar-refractivity contribution >= 4 is 24.4 Å². The Morgan fingerprint density at radius 3 is 1.83 bits per heavy atom. The van der Waals surface area contributed by atoms with Crippen LogP contribution in [0.4, 0.5) is 9.59 Å². The van der Waals surface area contributed by atoms with Gasteiger partial charge in [-0.3, -0.25) is 0 Å². The predicted octanol–water partition coefficient (Wildman–Crippen LogP) is 6.53. The second-order valence-electron chi connectivity index (χ2n) is 11.6. The Balaban J connectivity index is 1.88. The predicted molar refractivity (Wildman–Crippen MR) is 162 cm³/mol. The molecule has 222 valence electrons. The van der Waals surface area contributed by atoms with Crippen LogP contribution >= 0.6 is 0 Å². The molecule has 0 aliphatic heterocycles. The van der Waals surface area contributed by atoms with Crippen molar-refractivity contribution in [3.05, 3.63) is 96.1 Å². The third-order valence-corrected chi connectivity index (χ3v) is 5.64. The van der Waals surface area contributed by atoms with E-state index in [1.54, 1.807) is 53.7 Å². The van der Waals surface area contributed by atoms with Gasteiger partial charge in [0.15, 0.2) is 6.10 Å². The van der Waals surface area contributed by atoms with E-state index in [1.807, 2.05) is 72.8 Å². The van der Waals surface area contributed by atoms with Crippen LogP contribution in [0.3, 0.4) is 0 Å². The van der Waals surface area contributed by atoms with Crippen LogP contribution in [0.2, 0.25) is 0 Å². The Kier molecular flexibility index (Phi) is 10.8. The molecule has 3 aromatic rings. The van der Waals surface area contributed by atoms with E-state index >= 15 is 0 Å². The van der Waals surface area contributed by atoms with E-state index in [1.165, 1.54) is 6.21 Å². The first kappa shape index (κ1) is 31.9. The minimum Gasteiger partial charge on any atom is -0.451 e. The molecule has 9 heteroatoms. The van der Waals surface area contributed by atoms with E-state index in [0.717, 1.165) is 16.7 Å². The highest BCUT2D eigenvalue weighted by atomic mass is 16.6. The number of benzene rings is 3. The maximum absolute atomic E-state index is 13.3. The number of rotatable bonds is 9. The number of amides is 2. The first-order chi connectivity index (χ1) is 19.8. The van der Waals surface area contributed by atoms with Crippen LogP contribution in [0.25, 0.3) is 11.1 Å². The van der Waals surface area contributed by atoms with Crippen LogP contribution in [0, 0.1) is 0 Å². The summed E-state index contributed by atoms with van der Waals surface area (Å²) in [4.78, 5) is 38.3. The smallest absolute Gasteiger partial charge is 0.428 e. The van der Waals surface area contributed by atoms with Crippen molar-refractivity contribution in [1.29, 1.82) is 0 Å². The topological polar surface area (TPSA) is 115 Å². The quantitative estimate of drug-likeness (QED) is 0.130. The molecule has 0 saturated carbocycles. The van der Waals surface area contributed by atoms with E-state index in [9.17, 15) is 14.4 Å². The largest absolute Gasteiger partial charge is 0.451 e. The molecular formula is C33H39N3O6. The van der Waals surface area contributed by atoms with Gasteiger partial charge in [0.25, 0.3) is 0 Å². The third-order valence-electron chi connectivity index (χ3n) is 5.64. The molecule has 0 bridgehead atoms. The number of nitrogens with zero attached hydrogens (tertiary/aromatic N) is 1. The average Bonchev–Trinajstić information content (AvgIpc) is 2.91. The van der Waals surface area contributed by atoms with Crippen LogP contribution in [0.15, 0.2) is 90.0 Å². The fourth-order valence-corrected chi connectivity index (χ4v) is 3.88. The van der Waals surface area contributed by atoms with Crippen LogP contribution in [0.1, 0.15) is 57.5 Å². The van der Waals surface area contributed by atoms with Gasteiger partial charge in [-0.2, -0.15) is 5.10 Å². The summed E-state index contributed by atoms with van der Waals surface area (Å²) >= 11 is 0. The van der Waals surface area contributed by atoms with Gasteiger partial charge in [0, 0.05) is 0 Å². The van der Waals surface area contributed by atoms with Gasteiger partial charge in [-0.15, -0.1) is 0 Å². The highest BCUT2D eigenvalue weighted by molar-refractivity contribution is 5.91. The summed E-state index contributed by atoms with van der Waals surface area (Å²) in [7, 11) is 0. The molecule has 3 rings (SSSR count). The molecule has 2 atom stereocenters. The average molecular weight is 574 g/mol. The molecule has 2 N–H and O–H groups in total. The molecule has 0 aromatic heterocycles. The number of hydrogen-bond acceptors (Lipinski definition) is 7. The molecule has 9 nitrogen and oxygen atoms in total. The Labute approximate surface area is 247 Å². The fraction of sp³-hybridized carbons (Fsp3) is 0.333. The van der Waals surface area contributed by atoms with Gasteiger partial charge in [0.1, 0.15) is 11.2 Å². The lowest BCUT2D eigenvalue weighted by Gasteiger charge is -2.27.